The molecule has 0 fully saturated rings. The fraction of sp³-hybridized carbons (Fsp3) is 0.345. The van der Waals surface area contributed by atoms with Crippen LogP contribution in [-0.4, -0.2) is 41.1 Å². The highest BCUT2D eigenvalue weighted by Gasteiger charge is 2.27. The van der Waals surface area contributed by atoms with E-state index in [4.69, 9.17) is 4.74 Å². The highest BCUT2D eigenvalue weighted by atomic mass is 32.2. The average molecular weight is 524 g/mol. The first-order chi connectivity index (χ1) is 17.4. The predicted molar refractivity (Wildman–Crippen MR) is 150 cm³/mol. The van der Waals surface area contributed by atoms with Crippen LogP contribution >= 0.6 is 23.5 Å². The molecule has 3 aromatic carbocycles. The lowest BCUT2D eigenvalue weighted by Gasteiger charge is -2.21. The lowest BCUT2D eigenvalue weighted by atomic mass is 9.97. The lowest BCUT2D eigenvalue weighted by Crippen LogP contribution is -2.47. The van der Waals surface area contributed by atoms with Gasteiger partial charge in [-0.05, 0) is 42.2 Å². The Morgan fingerprint density at radius 1 is 0.917 bits per heavy atom. The summed E-state index contributed by atoms with van der Waals surface area (Å²) >= 11 is 2.71. The Kier molecular flexibility index (Phi) is 10.9. The topological polar surface area (TPSA) is 72.5 Å². The molecule has 0 aromatic heterocycles. The number of ether oxygens (including phenoxy) is 1. The van der Waals surface area contributed by atoms with Crippen LogP contribution in [0.4, 0.5) is 0 Å². The van der Waals surface area contributed by atoms with Gasteiger partial charge in [0, 0.05) is 24.2 Å². The third kappa shape index (κ3) is 8.71. The quantitative estimate of drug-likeness (QED) is 0.313. The van der Waals surface area contributed by atoms with Crippen LogP contribution in [0.2, 0.25) is 0 Å². The van der Waals surface area contributed by atoms with Crippen molar-refractivity contribution in [2.75, 3.05) is 18.1 Å². The van der Waals surface area contributed by atoms with Gasteiger partial charge < -0.3 is 10.1 Å². The molecule has 0 aliphatic heterocycles. The van der Waals surface area contributed by atoms with Crippen LogP contribution in [0.3, 0.4) is 0 Å². The summed E-state index contributed by atoms with van der Waals surface area (Å²) in [5.74, 6) is 0.337. The van der Waals surface area contributed by atoms with Crippen molar-refractivity contribution in [2.24, 2.45) is 5.92 Å². The summed E-state index contributed by atoms with van der Waals surface area (Å²) in [5.41, 5.74) is 3.37. The number of thioether (sulfide) groups is 2. The van der Waals surface area contributed by atoms with Crippen LogP contribution in [-0.2, 0) is 31.3 Å². The number of carbonyl (C=O) groups excluding carboxylic acids is 3. The second-order valence-corrected chi connectivity index (χ2v) is 10.9. The first-order valence-corrected chi connectivity index (χ1v) is 14.2. The van der Waals surface area contributed by atoms with E-state index in [0.29, 0.717) is 17.9 Å². The highest BCUT2D eigenvalue weighted by molar-refractivity contribution is 8.13. The molecule has 1 N–H and O–H groups in total. The molecule has 5 nitrogen and oxygen atoms in total. The van der Waals surface area contributed by atoms with Gasteiger partial charge in [-0.3, -0.25) is 9.59 Å². The van der Waals surface area contributed by atoms with E-state index in [1.165, 1.54) is 12.5 Å². The van der Waals surface area contributed by atoms with E-state index in [1.807, 2.05) is 43.3 Å². The van der Waals surface area contributed by atoms with Gasteiger partial charge in [0.05, 0.1) is 12.5 Å². The number of hydrogen-bond donors (Lipinski definition) is 1. The molecule has 3 rings (SSSR count). The van der Waals surface area contributed by atoms with Crippen LogP contribution < -0.4 is 5.32 Å². The Morgan fingerprint density at radius 2 is 1.61 bits per heavy atom. The molecule has 2 atom stereocenters. The standard InChI is InChI=1S/C29H33NO4S2/c1-4-34-29(33)27(19-35-17-22-11-9-20(2)10-12-22)30-28(32)26(18-36-21(3)31)16-23-13-14-24-7-5-6-8-25(24)15-23/h5-15,26-27H,4,16-19H2,1-3H3,(H,30,32)/t26-,27-/m0/s1. The van der Waals surface area contributed by atoms with Gasteiger partial charge in [-0.25, -0.2) is 4.79 Å². The predicted octanol–water partition coefficient (Wildman–Crippen LogP) is 5.57. The van der Waals surface area contributed by atoms with Crippen LogP contribution in [0.1, 0.15) is 30.5 Å². The maximum atomic E-state index is 13.4. The average Bonchev–Trinajstić information content (AvgIpc) is 2.87. The Labute approximate surface area is 221 Å². The summed E-state index contributed by atoms with van der Waals surface area (Å²) < 4.78 is 5.24. The number of esters is 1. The molecule has 0 saturated carbocycles. The number of aryl methyl sites for hydroxylation is 1. The van der Waals surface area contributed by atoms with Crippen LogP contribution in [0.15, 0.2) is 66.7 Å². The van der Waals surface area contributed by atoms with E-state index in [9.17, 15) is 14.4 Å². The molecule has 0 heterocycles. The second kappa shape index (κ2) is 14.1. The van der Waals surface area contributed by atoms with Crippen LogP contribution in [0.25, 0.3) is 10.8 Å². The van der Waals surface area contributed by atoms with Gasteiger partial charge in [-0.15, -0.1) is 0 Å². The van der Waals surface area contributed by atoms with E-state index in [2.05, 4.69) is 35.6 Å². The Hall–Kier alpha value is -2.77. The maximum absolute atomic E-state index is 13.4. The van der Waals surface area contributed by atoms with Gasteiger partial charge in [0.2, 0.25) is 5.91 Å². The molecule has 36 heavy (non-hydrogen) atoms. The van der Waals surface area contributed by atoms with E-state index in [-0.39, 0.29) is 17.6 Å². The zero-order valence-electron chi connectivity index (χ0n) is 21.0. The normalized spacial score (nSPS) is 12.6. The van der Waals surface area contributed by atoms with Gasteiger partial charge >= 0.3 is 5.97 Å². The first-order valence-electron chi connectivity index (χ1n) is 12.1. The van der Waals surface area contributed by atoms with Gasteiger partial charge in [0.25, 0.3) is 0 Å². The van der Waals surface area contributed by atoms with Gasteiger partial charge in [0.1, 0.15) is 6.04 Å². The second-order valence-electron chi connectivity index (χ2n) is 8.70. The summed E-state index contributed by atoms with van der Waals surface area (Å²) in [4.78, 5) is 37.7. The molecule has 0 aliphatic carbocycles. The molecule has 0 saturated heterocycles. The number of benzene rings is 3. The number of rotatable bonds is 12. The molecular formula is C29H33NO4S2. The molecule has 0 radical (unpaired) electrons. The number of nitrogens with one attached hydrogen (secondary N) is 1. The molecule has 190 valence electrons. The van der Waals surface area contributed by atoms with Gasteiger partial charge in [-0.2, -0.15) is 11.8 Å². The van der Waals surface area contributed by atoms with Crippen molar-refractivity contribution >= 4 is 51.3 Å². The van der Waals surface area contributed by atoms with Gasteiger partial charge in [-0.1, -0.05) is 84.1 Å². The number of fused-ring (bicyclic) bond motifs is 1. The van der Waals surface area contributed by atoms with E-state index >= 15 is 0 Å². The number of hydrogen-bond acceptors (Lipinski definition) is 6. The molecule has 0 spiro atoms. The minimum atomic E-state index is -0.755. The number of amides is 1. The summed E-state index contributed by atoms with van der Waals surface area (Å²) in [7, 11) is 0. The zero-order chi connectivity index (χ0) is 25.9. The van der Waals surface area contributed by atoms with E-state index in [1.54, 1.807) is 18.7 Å². The minimum absolute atomic E-state index is 0.0399. The SMILES string of the molecule is CCOC(=O)[C@H](CSCc1ccc(C)cc1)NC(=O)[C@H](CSC(C)=O)Cc1ccc2ccccc2c1. The van der Waals surface area contributed by atoms with Crippen molar-refractivity contribution in [1.29, 1.82) is 0 Å². The number of carbonyl (C=O) groups is 3. The van der Waals surface area contributed by atoms with Gasteiger partial charge in [0.15, 0.2) is 5.12 Å². The zero-order valence-corrected chi connectivity index (χ0v) is 22.6. The fourth-order valence-corrected chi connectivity index (χ4v) is 5.48. The summed E-state index contributed by atoms with van der Waals surface area (Å²) in [6, 6.07) is 21.7. The monoisotopic (exact) mass is 523 g/mol. The van der Waals surface area contributed by atoms with Crippen molar-refractivity contribution in [3.63, 3.8) is 0 Å². The van der Waals surface area contributed by atoms with E-state index < -0.39 is 17.9 Å². The van der Waals surface area contributed by atoms with Crippen LogP contribution in [0, 0.1) is 12.8 Å². The van der Waals surface area contributed by atoms with E-state index in [0.717, 1.165) is 39.4 Å². The third-order valence-electron chi connectivity index (χ3n) is 5.72. The molecule has 0 bridgehead atoms. The Balaban J connectivity index is 1.70. The summed E-state index contributed by atoms with van der Waals surface area (Å²) in [6.07, 6.45) is 0.475. The molecule has 1 amide bonds. The Bertz CT molecular complexity index is 1180. The Morgan fingerprint density at radius 3 is 2.31 bits per heavy atom. The molecule has 0 unspecified atom stereocenters. The summed E-state index contributed by atoms with van der Waals surface area (Å²) in [5, 5.41) is 5.11. The molecule has 0 aliphatic rings. The summed E-state index contributed by atoms with van der Waals surface area (Å²) in [6.45, 7) is 5.54. The van der Waals surface area contributed by atoms with Crippen molar-refractivity contribution < 1.29 is 19.1 Å². The van der Waals surface area contributed by atoms with Crippen molar-refractivity contribution in [2.45, 2.75) is 39.0 Å². The van der Waals surface area contributed by atoms with Crippen molar-refractivity contribution in [3.8, 4) is 0 Å². The van der Waals surface area contributed by atoms with Crippen molar-refractivity contribution in [3.05, 3.63) is 83.4 Å². The van der Waals surface area contributed by atoms with Crippen LogP contribution in [0.5, 0.6) is 0 Å². The largest absolute Gasteiger partial charge is 0.464 e. The molecular weight excluding hydrogens is 490 g/mol. The fourth-order valence-electron chi connectivity index (χ4n) is 3.78. The highest BCUT2D eigenvalue weighted by Crippen LogP contribution is 2.21. The lowest BCUT2D eigenvalue weighted by molar-refractivity contribution is -0.147. The smallest absolute Gasteiger partial charge is 0.329 e. The maximum Gasteiger partial charge on any atom is 0.329 e. The minimum Gasteiger partial charge on any atom is -0.464 e. The van der Waals surface area contributed by atoms with Crippen molar-refractivity contribution in [1.82, 2.24) is 5.32 Å². The molecule has 7 heteroatoms. The molecule has 3 aromatic rings. The third-order valence-corrected chi connectivity index (χ3v) is 7.80. The first kappa shape index (κ1) is 27.8.